The first-order chi connectivity index (χ1) is 7.24. The van der Waals surface area contributed by atoms with Gasteiger partial charge in [-0.3, -0.25) is 9.97 Å². The SMILES string of the molecule is C/C(=C\C=C/C(=N)P=O)c1ccccc1. The first-order valence-corrected chi connectivity index (χ1v) is 5.37. The highest BCUT2D eigenvalue weighted by Crippen LogP contribution is 2.12. The molecule has 0 radical (unpaired) electrons. The Bertz CT molecular complexity index is 407. The van der Waals surface area contributed by atoms with Crippen molar-refractivity contribution >= 4 is 19.5 Å². The summed E-state index contributed by atoms with van der Waals surface area (Å²) in [5, 5.41) is 7.15. The fraction of sp³-hybridized carbons (Fsp3) is 0.0833. The summed E-state index contributed by atoms with van der Waals surface area (Å²) in [6, 6.07) is 9.98. The van der Waals surface area contributed by atoms with Gasteiger partial charge in [-0.15, -0.1) is 0 Å². The molecule has 0 saturated carbocycles. The Balaban J connectivity index is 2.73. The lowest BCUT2D eigenvalue weighted by Gasteiger charge is -1.98. The lowest BCUT2D eigenvalue weighted by atomic mass is 10.1. The predicted octanol–water partition coefficient (Wildman–Crippen LogP) is 3.92. The molecule has 1 aromatic carbocycles. The average Bonchev–Trinajstić information content (AvgIpc) is 2.29. The maximum absolute atomic E-state index is 10.3. The minimum Gasteiger partial charge on any atom is -0.293 e. The van der Waals surface area contributed by atoms with Crippen LogP contribution in [-0.2, 0) is 4.57 Å². The summed E-state index contributed by atoms with van der Waals surface area (Å²) >= 11 is 0. The van der Waals surface area contributed by atoms with Crippen molar-refractivity contribution in [1.82, 2.24) is 0 Å². The molecule has 3 heteroatoms. The van der Waals surface area contributed by atoms with Crippen LogP contribution in [0.1, 0.15) is 12.5 Å². The summed E-state index contributed by atoms with van der Waals surface area (Å²) in [5.74, 6) is 0. The number of hydrogen-bond acceptors (Lipinski definition) is 2. The number of hydrogen-bond donors (Lipinski definition) is 1. The fourth-order valence-corrected chi connectivity index (χ4v) is 1.26. The number of allylic oxidation sites excluding steroid dienone is 4. The van der Waals surface area contributed by atoms with E-state index in [2.05, 4.69) is 0 Å². The van der Waals surface area contributed by atoms with Gasteiger partial charge >= 0.3 is 0 Å². The van der Waals surface area contributed by atoms with Gasteiger partial charge in [0.05, 0.1) is 0 Å². The zero-order chi connectivity index (χ0) is 11.1. The van der Waals surface area contributed by atoms with Crippen LogP contribution in [-0.4, -0.2) is 5.45 Å². The fourth-order valence-electron chi connectivity index (χ4n) is 1.11. The molecule has 0 atom stereocenters. The Morgan fingerprint density at radius 2 is 2.00 bits per heavy atom. The van der Waals surface area contributed by atoms with Crippen molar-refractivity contribution in [2.75, 3.05) is 0 Å². The second-order valence-corrected chi connectivity index (χ2v) is 3.72. The Morgan fingerprint density at radius 1 is 1.33 bits per heavy atom. The highest BCUT2D eigenvalue weighted by atomic mass is 31.1. The van der Waals surface area contributed by atoms with Gasteiger partial charge in [0.15, 0.2) is 0 Å². The molecule has 0 heterocycles. The Hall–Kier alpha value is -1.53. The Morgan fingerprint density at radius 3 is 2.60 bits per heavy atom. The number of nitrogens with one attached hydrogen (secondary N) is 1. The minimum atomic E-state index is -0.246. The zero-order valence-corrected chi connectivity index (χ0v) is 9.37. The largest absolute Gasteiger partial charge is 0.293 e. The second-order valence-electron chi connectivity index (χ2n) is 3.05. The molecule has 0 aliphatic heterocycles. The van der Waals surface area contributed by atoms with Crippen molar-refractivity contribution in [3.8, 4) is 0 Å². The van der Waals surface area contributed by atoms with Crippen LogP contribution in [0.5, 0.6) is 0 Å². The van der Waals surface area contributed by atoms with E-state index in [0.29, 0.717) is 0 Å². The molecule has 0 unspecified atom stereocenters. The van der Waals surface area contributed by atoms with E-state index in [1.165, 1.54) is 6.08 Å². The maximum Gasteiger partial charge on any atom is 0.211 e. The van der Waals surface area contributed by atoms with Crippen molar-refractivity contribution in [3.05, 3.63) is 54.1 Å². The molecule has 1 N–H and O–H groups in total. The van der Waals surface area contributed by atoms with Gasteiger partial charge in [0.2, 0.25) is 8.46 Å². The van der Waals surface area contributed by atoms with Crippen LogP contribution in [0.25, 0.3) is 5.57 Å². The normalized spacial score (nSPS) is 12.2. The molecule has 0 amide bonds. The van der Waals surface area contributed by atoms with E-state index in [1.54, 1.807) is 6.08 Å². The zero-order valence-electron chi connectivity index (χ0n) is 8.47. The molecule has 76 valence electrons. The van der Waals surface area contributed by atoms with E-state index in [1.807, 2.05) is 43.3 Å². The molecule has 15 heavy (non-hydrogen) atoms. The van der Waals surface area contributed by atoms with E-state index in [-0.39, 0.29) is 13.9 Å². The lowest BCUT2D eigenvalue weighted by Crippen LogP contribution is -1.77. The third-order valence-electron chi connectivity index (χ3n) is 1.93. The van der Waals surface area contributed by atoms with Crippen molar-refractivity contribution < 1.29 is 4.57 Å². The standard InChI is InChI=1S/C12H12NOP/c1-10(6-5-9-12(13)15-14)11-7-3-2-4-8-11/h2-9,13H,1H3/b9-5-,10-6+,13-12?. The maximum atomic E-state index is 10.3. The summed E-state index contributed by atoms with van der Waals surface area (Å²) < 4.78 is 10.3. The lowest BCUT2D eigenvalue weighted by molar-refractivity contribution is 0.604. The molecule has 1 aromatic rings. The third kappa shape index (κ3) is 4.01. The van der Waals surface area contributed by atoms with Gasteiger partial charge in [-0.1, -0.05) is 42.5 Å². The van der Waals surface area contributed by atoms with Crippen LogP contribution in [0.2, 0.25) is 0 Å². The molecule has 2 nitrogen and oxygen atoms in total. The highest BCUT2D eigenvalue weighted by Gasteiger charge is 1.91. The summed E-state index contributed by atoms with van der Waals surface area (Å²) in [7, 11) is -0.246. The minimum absolute atomic E-state index is 0.0760. The molecule has 0 fully saturated rings. The summed E-state index contributed by atoms with van der Waals surface area (Å²) in [6.45, 7) is 2.00. The molecule has 0 saturated heterocycles. The second kappa shape index (κ2) is 6.05. The van der Waals surface area contributed by atoms with Gasteiger partial charge < -0.3 is 0 Å². The van der Waals surface area contributed by atoms with E-state index in [0.717, 1.165) is 11.1 Å². The van der Waals surface area contributed by atoms with Gasteiger partial charge in [0.25, 0.3) is 0 Å². The quantitative estimate of drug-likeness (QED) is 0.463. The smallest absolute Gasteiger partial charge is 0.211 e. The molecule has 0 aromatic heterocycles. The van der Waals surface area contributed by atoms with E-state index in [9.17, 15) is 4.57 Å². The van der Waals surface area contributed by atoms with Crippen LogP contribution in [0.4, 0.5) is 0 Å². The number of rotatable bonds is 4. The van der Waals surface area contributed by atoms with E-state index in [4.69, 9.17) is 5.41 Å². The van der Waals surface area contributed by atoms with Crippen LogP contribution < -0.4 is 0 Å². The monoisotopic (exact) mass is 217 g/mol. The van der Waals surface area contributed by atoms with Gasteiger partial charge in [-0.05, 0) is 24.1 Å². The van der Waals surface area contributed by atoms with Crippen LogP contribution in [0.3, 0.4) is 0 Å². The van der Waals surface area contributed by atoms with E-state index < -0.39 is 0 Å². The molecular weight excluding hydrogens is 205 g/mol. The molecule has 1 rings (SSSR count). The van der Waals surface area contributed by atoms with Gasteiger partial charge in [-0.2, -0.15) is 0 Å². The molecule has 0 aliphatic rings. The molecule has 0 bridgehead atoms. The molecule has 0 spiro atoms. The summed E-state index contributed by atoms with van der Waals surface area (Å²) in [5.41, 5.74) is 2.34. The number of benzene rings is 1. The van der Waals surface area contributed by atoms with Crippen LogP contribution >= 0.6 is 8.46 Å². The molecule has 0 aliphatic carbocycles. The van der Waals surface area contributed by atoms with Gasteiger partial charge in [-0.25, -0.2) is 0 Å². The van der Waals surface area contributed by atoms with Crippen LogP contribution in [0.15, 0.2) is 48.6 Å². The van der Waals surface area contributed by atoms with E-state index >= 15 is 0 Å². The van der Waals surface area contributed by atoms with Crippen molar-refractivity contribution in [1.29, 1.82) is 5.41 Å². The summed E-state index contributed by atoms with van der Waals surface area (Å²) in [6.07, 6.45) is 5.14. The summed E-state index contributed by atoms with van der Waals surface area (Å²) in [4.78, 5) is 0. The Kier molecular flexibility index (Phi) is 4.65. The van der Waals surface area contributed by atoms with Crippen molar-refractivity contribution in [3.63, 3.8) is 0 Å². The molecular formula is C12H12NOP. The predicted molar refractivity (Wildman–Crippen MR) is 64.6 cm³/mol. The first kappa shape index (κ1) is 11.5. The first-order valence-electron chi connectivity index (χ1n) is 4.56. The van der Waals surface area contributed by atoms with Crippen molar-refractivity contribution in [2.45, 2.75) is 6.92 Å². The van der Waals surface area contributed by atoms with Crippen LogP contribution in [0, 0.1) is 5.41 Å². The topological polar surface area (TPSA) is 40.9 Å². The Labute approximate surface area is 91.0 Å². The van der Waals surface area contributed by atoms with Crippen molar-refractivity contribution in [2.24, 2.45) is 0 Å². The average molecular weight is 217 g/mol. The van der Waals surface area contributed by atoms with Gasteiger partial charge in [0.1, 0.15) is 5.45 Å². The van der Waals surface area contributed by atoms with Gasteiger partial charge in [0, 0.05) is 0 Å². The third-order valence-corrected chi connectivity index (χ3v) is 2.27. The highest BCUT2D eigenvalue weighted by molar-refractivity contribution is 7.47.